The number of esters is 1. The Kier molecular flexibility index (Phi) is 7.07. The van der Waals surface area contributed by atoms with Crippen LogP contribution in [0.25, 0.3) is 23.0 Å². The lowest BCUT2D eigenvalue weighted by molar-refractivity contribution is -0.385. The van der Waals surface area contributed by atoms with Crippen molar-refractivity contribution >= 4 is 40.1 Å². The lowest BCUT2D eigenvalue weighted by Crippen LogP contribution is -2.07. The van der Waals surface area contributed by atoms with E-state index in [0.29, 0.717) is 22.0 Å². The van der Waals surface area contributed by atoms with E-state index >= 15 is 0 Å². The summed E-state index contributed by atoms with van der Waals surface area (Å²) in [6.07, 6.45) is 2.65. The molecule has 2 aromatic carbocycles. The van der Waals surface area contributed by atoms with Crippen molar-refractivity contribution in [2.75, 3.05) is 12.4 Å². The van der Waals surface area contributed by atoms with E-state index in [1.165, 1.54) is 36.7 Å². The van der Waals surface area contributed by atoms with Gasteiger partial charge in [-0.2, -0.15) is 0 Å². The first-order valence-electron chi connectivity index (χ1n) is 10.8. The number of hydrogen-bond acceptors (Lipinski definition) is 7. The van der Waals surface area contributed by atoms with Gasteiger partial charge in [-0.3, -0.25) is 20.2 Å². The average molecular weight is 503 g/mol. The van der Waals surface area contributed by atoms with E-state index in [1.807, 2.05) is 37.4 Å². The number of hydrogen-bond donors (Lipinski definition) is 1. The Hall–Kier alpha value is -4.57. The maximum Gasteiger partial charge on any atom is 0.337 e. The first-order chi connectivity index (χ1) is 17.3. The van der Waals surface area contributed by atoms with Gasteiger partial charge in [0.05, 0.1) is 28.9 Å². The number of amides is 1. The molecule has 1 N–H and O–H groups in total. The fourth-order valence-corrected chi connectivity index (χ4v) is 4.56. The number of nitro benzene ring substituents is 1. The van der Waals surface area contributed by atoms with Crippen molar-refractivity contribution in [1.29, 1.82) is 0 Å². The van der Waals surface area contributed by atoms with E-state index < -0.39 is 16.8 Å². The molecule has 0 unspecified atom stereocenters. The summed E-state index contributed by atoms with van der Waals surface area (Å²) < 4.78 is 6.82. The van der Waals surface area contributed by atoms with Crippen molar-refractivity contribution in [1.82, 2.24) is 9.55 Å². The van der Waals surface area contributed by atoms with Crippen LogP contribution < -0.4 is 5.32 Å². The average Bonchev–Trinajstić information content (AvgIpc) is 3.45. The van der Waals surface area contributed by atoms with Crippen LogP contribution in [-0.4, -0.2) is 33.5 Å². The maximum atomic E-state index is 12.4. The monoisotopic (exact) mass is 502 g/mol. The molecule has 4 aromatic rings. The maximum absolute atomic E-state index is 12.4. The van der Waals surface area contributed by atoms with E-state index in [9.17, 15) is 19.7 Å². The van der Waals surface area contributed by atoms with Gasteiger partial charge in [-0.25, -0.2) is 9.78 Å². The molecule has 0 aliphatic carbocycles. The number of aromatic nitrogens is 2. The third kappa shape index (κ3) is 5.08. The minimum Gasteiger partial charge on any atom is -0.465 e. The summed E-state index contributed by atoms with van der Waals surface area (Å²) in [4.78, 5) is 39.3. The number of carbonyl (C=O) groups excluding carboxylic acids is 2. The van der Waals surface area contributed by atoms with Gasteiger partial charge in [-0.05, 0) is 56.3 Å². The Labute approximate surface area is 210 Å². The molecule has 0 spiro atoms. The van der Waals surface area contributed by atoms with Gasteiger partial charge in [0.25, 0.3) is 5.69 Å². The fraction of sp³-hybridized carbons (Fsp3) is 0.115. The second-order valence-corrected chi connectivity index (χ2v) is 8.69. The van der Waals surface area contributed by atoms with Crippen LogP contribution >= 0.6 is 11.3 Å². The third-order valence-corrected chi connectivity index (χ3v) is 6.29. The van der Waals surface area contributed by atoms with Gasteiger partial charge in [0.1, 0.15) is 0 Å². The van der Waals surface area contributed by atoms with Crippen LogP contribution in [0.4, 0.5) is 10.8 Å². The number of carbonyl (C=O) groups is 2. The van der Waals surface area contributed by atoms with E-state index in [2.05, 4.69) is 14.9 Å². The summed E-state index contributed by atoms with van der Waals surface area (Å²) in [6, 6.07) is 15.3. The molecule has 2 heterocycles. The third-order valence-electron chi connectivity index (χ3n) is 5.54. The Morgan fingerprint density at radius 1 is 1.14 bits per heavy atom. The second kappa shape index (κ2) is 10.4. The Morgan fingerprint density at radius 2 is 1.86 bits per heavy atom. The molecule has 4 rings (SSSR count). The van der Waals surface area contributed by atoms with Gasteiger partial charge in [-0.1, -0.05) is 12.1 Å². The highest BCUT2D eigenvalue weighted by Gasteiger charge is 2.16. The van der Waals surface area contributed by atoms with Crippen molar-refractivity contribution in [2.24, 2.45) is 0 Å². The molecule has 0 aliphatic heterocycles. The quantitative estimate of drug-likeness (QED) is 0.153. The standard InChI is InChI=1S/C26H22N4O5S/c1-16-14-21(17(2)29(16)20-11-8-19(9-12-20)25(32)35-3)22-15-36-26(27-22)28-24(31)13-10-18-6-4-5-7-23(18)30(33)34/h4-15H,1-3H3,(H,27,28,31). The van der Waals surface area contributed by atoms with Crippen molar-refractivity contribution in [3.8, 4) is 16.9 Å². The molecular formula is C26H22N4O5S. The Balaban J connectivity index is 1.51. The minimum absolute atomic E-state index is 0.0756. The number of nitrogens with one attached hydrogen (secondary N) is 1. The first-order valence-corrected chi connectivity index (χ1v) is 11.7. The molecule has 9 nitrogen and oxygen atoms in total. The molecule has 36 heavy (non-hydrogen) atoms. The second-order valence-electron chi connectivity index (χ2n) is 7.84. The zero-order valence-corrected chi connectivity index (χ0v) is 20.5. The van der Waals surface area contributed by atoms with E-state index in [4.69, 9.17) is 4.74 Å². The van der Waals surface area contributed by atoms with E-state index in [0.717, 1.165) is 22.6 Å². The van der Waals surface area contributed by atoms with Crippen LogP contribution in [-0.2, 0) is 9.53 Å². The fourth-order valence-electron chi connectivity index (χ4n) is 3.85. The number of ether oxygens (including phenoxy) is 1. The Morgan fingerprint density at radius 3 is 2.56 bits per heavy atom. The highest BCUT2D eigenvalue weighted by molar-refractivity contribution is 7.14. The molecule has 10 heteroatoms. The molecule has 0 bridgehead atoms. The predicted molar refractivity (Wildman–Crippen MR) is 138 cm³/mol. The molecule has 0 aliphatic rings. The number of thiazole rings is 1. The zero-order chi connectivity index (χ0) is 25.8. The van der Waals surface area contributed by atoms with Crippen LogP contribution in [0.2, 0.25) is 0 Å². The molecule has 0 radical (unpaired) electrons. The lowest BCUT2D eigenvalue weighted by Gasteiger charge is -2.10. The molecule has 0 atom stereocenters. The summed E-state index contributed by atoms with van der Waals surface area (Å²) in [6.45, 7) is 3.96. The van der Waals surface area contributed by atoms with E-state index in [1.54, 1.807) is 30.3 Å². The summed E-state index contributed by atoms with van der Waals surface area (Å²) >= 11 is 1.28. The number of benzene rings is 2. The van der Waals surface area contributed by atoms with Gasteiger partial charge in [-0.15, -0.1) is 11.3 Å². The highest BCUT2D eigenvalue weighted by atomic mass is 32.1. The normalized spacial score (nSPS) is 11.0. The number of anilines is 1. The number of aryl methyl sites for hydroxylation is 1. The summed E-state index contributed by atoms with van der Waals surface area (Å²) in [5.41, 5.74) is 5.20. The first kappa shape index (κ1) is 24.6. The number of rotatable bonds is 7. The van der Waals surface area contributed by atoms with Gasteiger partial charge in [0, 0.05) is 40.2 Å². The number of nitrogens with zero attached hydrogens (tertiary/aromatic N) is 3. The smallest absolute Gasteiger partial charge is 0.337 e. The lowest BCUT2D eigenvalue weighted by atomic mass is 10.1. The van der Waals surface area contributed by atoms with Crippen molar-refractivity contribution < 1.29 is 19.2 Å². The van der Waals surface area contributed by atoms with Crippen LogP contribution in [0.1, 0.15) is 27.3 Å². The minimum atomic E-state index is -0.491. The predicted octanol–water partition coefficient (Wildman–Crippen LogP) is 5.56. The molecule has 0 saturated heterocycles. The number of para-hydroxylation sites is 1. The van der Waals surface area contributed by atoms with Crippen LogP contribution in [0.3, 0.4) is 0 Å². The zero-order valence-electron chi connectivity index (χ0n) is 19.7. The van der Waals surface area contributed by atoms with E-state index in [-0.39, 0.29) is 5.69 Å². The van der Waals surface area contributed by atoms with Gasteiger partial charge in [0.2, 0.25) is 5.91 Å². The van der Waals surface area contributed by atoms with Gasteiger partial charge in [0.15, 0.2) is 5.13 Å². The SMILES string of the molecule is COC(=O)c1ccc(-n2c(C)cc(-c3csc(NC(=O)C=Cc4ccccc4[N+](=O)[O-])n3)c2C)cc1. The molecule has 0 saturated carbocycles. The largest absolute Gasteiger partial charge is 0.465 e. The van der Waals surface area contributed by atoms with Crippen molar-refractivity contribution in [3.05, 3.63) is 98.7 Å². The number of nitro groups is 1. The highest BCUT2D eigenvalue weighted by Crippen LogP contribution is 2.32. The summed E-state index contributed by atoms with van der Waals surface area (Å²) in [5, 5.41) is 16.1. The van der Waals surface area contributed by atoms with Gasteiger partial charge >= 0.3 is 5.97 Å². The molecule has 1 amide bonds. The van der Waals surface area contributed by atoms with Crippen LogP contribution in [0.15, 0.2) is 66.1 Å². The van der Waals surface area contributed by atoms with Crippen molar-refractivity contribution in [2.45, 2.75) is 13.8 Å². The summed E-state index contributed by atoms with van der Waals surface area (Å²) in [7, 11) is 1.35. The molecule has 2 aromatic heterocycles. The van der Waals surface area contributed by atoms with Crippen LogP contribution in [0.5, 0.6) is 0 Å². The van der Waals surface area contributed by atoms with Crippen molar-refractivity contribution in [3.63, 3.8) is 0 Å². The topological polar surface area (TPSA) is 116 Å². The molecular weight excluding hydrogens is 480 g/mol. The number of methoxy groups -OCH3 is 1. The molecule has 0 fully saturated rings. The Bertz CT molecular complexity index is 1480. The summed E-state index contributed by atoms with van der Waals surface area (Å²) in [5.74, 6) is -0.831. The van der Waals surface area contributed by atoms with Crippen LogP contribution in [0, 0.1) is 24.0 Å². The van der Waals surface area contributed by atoms with Gasteiger partial charge < -0.3 is 9.30 Å². The molecule has 182 valence electrons.